The molecule has 108 valence electrons. The van der Waals surface area contributed by atoms with Gasteiger partial charge in [-0.3, -0.25) is 4.79 Å². The van der Waals surface area contributed by atoms with Crippen molar-refractivity contribution < 1.29 is 14.7 Å². The van der Waals surface area contributed by atoms with Crippen LogP contribution in [0.1, 0.15) is 38.5 Å². The fourth-order valence-corrected chi connectivity index (χ4v) is 3.39. The molecule has 2 unspecified atom stereocenters. The zero-order chi connectivity index (χ0) is 13.8. The first-order valence-electron chi connectivity index (χ1n) is 6.92. The largest absolute Gasteiger partial charge is 0.481 e. The summed E-state index contributed by atoms with van der Waals surface area (Å²) in [5, 5.41) is 12.5. The summed E-state index contributed by atoms with van der Waals surface area (Å²) in [5.74, 6) is -0.846. The van der Waals surface area contributed by atoms with Crippen LogP contribution >= 0.6 is 11.8 Å². The Labute approximate surface area is 118 Å². The number of thioether (sulfide) groups is 1. The van der Waals surface area contributed by atoms with Crippen LogP contribution in [0.5, 0.6) is 0 Å². The third-order valence-electron chi connectivity index (χ3n) is 3.86. The van der Waals surface area contributed by atoms with E-state index in [0.717, 1.165) is 32.1 Å². The first-order chi connectivity index (χ1) is 9.10. The first-order valence-corrected chi connectivity index (χ1v) is 8.20. The number of hydrogen-bond acceptors (Lipinski definition) is 3. The number of carboxylic acids is 1. The van der Waals surface area contributed by atoms with Gasteiger partial charge in [-0.25, -0.2) is 4.79 Å². The maximum atomic E-state index is 12.2. The smallest absolute Gasteiger partial charge is 0.317 e. The second-order valence-electron chi connectivity index (χ2n) is 5.39. The van der Waals surface area contributed by atoms with Crippen LogP contribution in [0.4, 0.5) is 4.79 Å². The van der Waals surface area contributed by atoms with Crippen molar-refractivity contribution in [2.24, 2.45) is 0 Å². The molecule has 0 aromatic heterocycles. The van der Waals surface area contributed by atoms with E-state index in [2.05, 4.69) is 11.6 Å². The SMILES string of the molecule is CSC1CCC(NC(=O)N(CCC(=O)O)C2CC2)C1. The Balaban J connectivity index is 1.80. The van der Waals surface area contributed by atoms with Crippen molar-refractivity contribution >= 4 is 23.8 Å². The van der Waals surface area contributed by atoms with Crippen molar-refractivity contribution in [1.82, 2.24) is 10.2 Å². The zero-order valence-electron chi connectivity index (χ0n) is 11.3. The molecule has 6 heteroatoms. The van der Waals surface area contributed by atoms with Crippen LogP contribution in [-0.2, 0) is 4.79 Å². The molecule has 2 fully saturated rings. The lowest BCUT2D eigenvalue weighted by molar-refractivity contribution is -0.137. The molecule has 2 aliphatic carbocycles. The highest BCUT2D eigenvalue weighted by Crippen LogP contribution is 2.30. The van der Waals surface area contributed by atoms with E-state index < -0.39 is 5.97 Å². The maximum Gasteiger partial charge on any atom is 0.317 e. The number of nitrogens with one attached hydrogen (secondary N) is 1. The lowest BCUT2D eigenvalue weighted by atomic mass is 10.2. The van der Waals surface area contributed by atoms with Gasteiger partial charge in [-0.2, -0.15) is 11.8 Å². The van der Waals surface area contributed by atoms with Crippen molar-refractivity contribution in [3.05, 3.63) is 0 Å². The van der Waals surface area contributed by atoms with Gasteiger partial charge in [0.1, 0.15) is 0 Å². The number of amides is 2. The van der Waals surface area contributed by atoms with Gasteiger partial charge in [-0.1, -0.05) is 0 Å². The van der Waals surface area contributed by atoms with Crippen molar-refractivity contribution in [2.45, 2.75) is 55.9 Å². The van der Waals surface area contributed by atoms with Crippen molar-refractivity contribution in [3.63, 3.8) is 0 Å². The van der Waals surface area contributed by atoms with E-state index >= 15 is 0 Å². The van der Waals surface area contributed by atoms with E-state index in [-0.39, 0.29) is 24.5 Å². The summed E-state index contributed by atoms with van der Waals surface area (Å²) >= 11 is 1.86. The lowest BCUT2D eigenvalue weighted by Gasteiger charge is -2.24. The number of nitrogens with zero attached hydrogens (tertiary/aromatic N) is 1. The average molecular weight is 286 g/mol. The molecule has 5 nitrogen and oxygen atoms in total. The Kier molecular flexibility index (Phi) is 4.96. The van der Waals surface area contributed by atoms with Gasteiger partial charge in [0.25, 0.3) is 0 Å². The highest BCUT2D eigenvalue weighted by atomic mass is 32.2. The van der Waals surface area contributed by atoms with Gasteiger partial charge < -0.3 is 15.3 Å². The number of rotatable bonds is 6. The fourth-order valence-electron chi connectivity index (χ4n) is 2.60. The Morgan fingerprint density at radius 2 is 2.05 bits per heavy atom. The summed E-state index contributed by atoms with van der Waals surface area (Å²) in [6.07, 6.45) is 7.38. The predicted molar refractivity (Wildman–Crippen MR) is 75.5 cm³/mol. The number of carboxylic acid groups (broad SMARTS) is 1. The number of aliphatic carboxylic acids is 1. The van der Waals surface area contributed by atoms with Crippen LogP contribution in [0.15, 0.2) is 0 Å². The van der Waals surface area contributed by atoms with Gasteiger partial charge >= 0.3 is 12.0 Å². The predicted octanol–water partition coefficient (Wildman–Crippen LogP) is 1.92. The summed E-state index contributed by atoms with van der Waals surface area (Å²) in [4.78, 5) is 24.5. The summed E-state index contributed by atoms with van der Waals surface area (Å²) in [6, 6.07) is 0.448. The molecule has 0 heterocycles. The summed E-state index contributed by atoms with van der Waals surface area (Å²) in [6.45, 7) is 0.324. The molecule has 0 saturated heterocycles. The second kappa shape index (κ2) is 6.50. The molecule has 2 N–H and O–H groups in total. The van der Waals surface area contributed by atoms with E-state index in [1.807, 2.05) is 11.8 Å². The van der Waals surface area contributed by atoms with E-state index in [9.17, 15) is 9.59 Å². The molecular formula is C13H22N2O3S. The molecule has 0 bridgehead atoms. The van der Waals surface area contributed by atoms with E-state index in [4.69, 9.17) is 5.11 Å². The number of carbonyl (C=O) groups is 2. The number of carbonyl (C=O) groups excluding carboxylic acids is 1. The zero-order valence-corrected chi connectivity index (χ0v) is 12.1. The van der Waals surface area contributed by atoms with Gasteiger partial charge in [0, 0.05) is 23.9 Å². The fraction of sp³-hybridized carbons (Fsp3) is 0.846. The molecule has 2 aliphatic rings. The second-order valence-corrected chi connectivity index (χ2v) is 6.52. The highest BCUT2D eigenvalue weighted by Gasteiger charge is 2.34. The van der Waals surface area contributed by atoms with Crippen LogP contribution in [0.3, 0.4) is 0 Å². The Bertz CT molecular complexity index is 347. The summed E-state index contributed by atoms with van der Waals surface area (Å²) in [7, 11) is 0. The van der Waals surface area contributed by atoms with Crippen molar-refractivity contribution in [1.29, 1.82) is 0 Å². The number of hydrogen-bond donors (Lipinski definition) is 2. The van der Waals surface area contributed by atoms with Crippen LogP contribution in [0.2, 0.25) is 0 Å². The molecule has 19 heavy (non-hydrogen) atoms. The van der Waals surface area contributed by atoms with E-state index in [1.54, 1.807) is 4.90 Å². The molecule has 2 saturated carbocycles. The minimum atomic E-state index is -0.846. The molecular weight excluding hydrogens is 264 g/mol. The number of urea groups is 1. The third kappa shape index (κ3) is 4.30. The average Bonchev–Trinajstić information content (AvgIpc) is 3.09. The standard InChI is InChI=1S/C13H22N2O3S/c1-19-11-5-2-9(8-11)14-13(18)15(10-3-4-10)7-6-12(16)17/h9-11H,2-8H2,1H3,(H,14,18)(H,16,17). The quantitative estimate of drug-likeness (QED) is 0.782. The van der Waals surface area contributed by atoms with E-state index in [1.165, 1.54) is 0 Å². The molecule has 0 aliphatic heterocycles. The summed E-state index contributed by atoms with van der Waals surface area (Å²) in [5.41, 5.74) is 0. The van der Waals surface area contributed by atoms with Gasteiger partial charge in [-0.05, 0) is 38.4 Å². The Hall–Kier alpha value is -0.910. The van der Waals surface area contributed by atoms with Gasteiger partial charge in [0.2, 0.25) is 0 Å². The monoisotopic (exact) mass is 286 g/mol. The topological polar surface area (TPSA) is 69.6 Å². The third-order valence-corrected chi connectivity index (χ3v) is 4.96. The van der Waals surface area contributed by atoms with E-state index in [0.29, 0.717) is 11.8 Å². The molecule has 2 rings (SSSR count). The molecule has 0 aromatic rings. The summed E-state index contributed by atoms with van der Waals surface area (Å²) < 4.78 is 0. The highest BCUT2D eigenvalue weighted by molar-refractivity contribution is 7.99. The van der Waals surface area contributed by atoms with Crippen LogP contribution in [0.25, 0.3) is 0 Å². The Morgan fingerprint density at radius 3 is 2.58 bits per heavy atom. The van der Waals surface area contributed by atoms with Crippen LogP contribution in [-0.4, -0.2) is 52.1 Å². The minimum Gasteiger partial charge on any atom is -0.481 e. The maximum absolute atomic E-state index is 12.2. The van der Waals surface area contributed by atoms with Gasteiger partial charge in [0.15, 0.2) is 0 Å². The van der Waals surface area contributed by atoms with Gasteiger partial charge in [-0.15, -0.1) is 0 Å². The molecule has 0 aromatic carbocycles. The minimum absolute atomic E-state index is 0.0298. The van der Waals surface area contributed by atoms with Crippen molar-refractivity contribution in [2.75, 3.05) is 12.8 Å². The molecule has 2 amide bonds. The van der Waals surface area contributed by atoms with Gasteiger partial charge in [0.05, 0.1) is 6.42 Å². The first kappa shape index (κ1) is 14.5. The molecule has 0 radical (unpaired) electrons. The molecule has 0 spiro atoms. The lowest BCUT2D eigenvalue weighted by Crippen LogP contribution is -2.46. The van der Waals surface area contributed by atoms with Crippen LogP contribution in [0, 0.1) is 0 Å². The van der Waals surface area contributed by atoms with Crippen molar-refractivity contribution in [3.8, 4) is 0 Å². The Morgan fingerprint density at radius 1 is 1.32 bits per heavy atom. The molecule has 2 atom stereocenters. The van der Waals surface area contributed by atoms with Crippen LogP contribution < -0.4 is 5.32 Å². The normalized spacial score (nSPS) is 26.2.